The molecule has 0 radical (unpaired) electrons. The molecule has 2 aromatic rings. The summed E-state index contributed by atoms with van der Waals surface area (Å²) >= 11 is 1.34. The third kappa shape index (κ3) is 4.10. The number of rotatable bonds is 4. The second-order valence-corrected chi connectivity index (χ2v) is 8.71. The maximum Gasteiger partial charge on any atom is 0.357 e. The summed E-state index contributed by atoms with van der Waals surface area (Å²) in [6.07, 6.45) is 2.44. The average molecular weight is 453 g/mol. The van der Waals surface area contributed by atoms with Crippen molar-refractivity contribution in [3.8, 4) is 17.2 Å². The number of methoxy groups -OCH3 is 2. The molecule has 0 aliphatic carbocycles. The molecule has 0 aromatic heterocycles. The molecule has 0 saturated heterocycles. The third-order valence-corrected chi connectivity index (χ3v) is 6.51. The first-order valence-electron chi connectivity index (χ1n) is 10.2. The normalized spacial score (nSPS) is 15.2. The molecule has 0 N–H and O–H groups in total. The molecule has 0 spiro atoms. The Morgan fingerprint density at radius 3 is 2.34 bits per heavy atom. The highest BCUT2D eigenvalue weighted by Gasteiger charge is 2.28. The Morgan fingerprint density at radius 1 is 1.06 bits per heavy atom. The highest BCUT2D eigenvalue weighted by Crippen LogP contribution is 2.42. The Bertz CT molecular complexity index is 1160. The van der Waals surface area contributed by atoms with Crippen molar-refractivity contribution in [1.29, 1.82) is 0 Å². The van der Waals surface area contributed by atoms with Gasteiger partial charge in [-0.25, -0.2) is 4.79 Å². The molecular weight excluding hydrogens is 428 g/mol. The van der Waals surface area contributed by atoms with Gasteiger partial charge in [0.15, 0.2) is 17.3 Å². The number of urea groups is 1. The number of Topliss-reactive ketones (excluding diaryl/α,β-unsaturated/α-hetero) is 1. The van der Waals surface area contributed by atoms with Crippen molar-refractivity contribution in [2.45, 2.75) is 27.2 Å². The van der Waals surface area contributed by atoms with Crippen molar-refractivity contribution in [2.24, 2.45) is 4.99 Å². The maximum absolute atomic E-state index is 12.8. The van der Waals surface area contributed by atoms with Crippen molar-refractivity contribution in [2.75, 3.05) is 20.8 Å². The second kappa shape index (κ2) is 8.70. The SMILES string of the molecule is COc1cc2c(cc1OC)C1=CC(Oc3c(C)cc(C(C)=O)cc3C)=NC(=O)N(CC2)S1. The number of benzene rings is 2. The Morgan fingerprint density at radius 2 is 1.72 bits per heavy atom. The average Bonchev–Trinajstić information content (AvgIpc) is 3.03. The van der Waals surface area contributed by atoms with Gasteiger partial charge in [-0.05, 0) is 85.7 Å². The van der Waals surface area contributed by atoms with E-state index in [1.165, 1.54) is 18.9 Å². The number of aliphatic imine (C=N–C) groups is 1. The largest absolute Gasteiger partial charge is 0.493 e. The van der Waals surface area contributed by atoms with E-state index in [1.54, 1.807) is 36.7 Å². The first kappa shape index (κ1) is 22.0. The number of ether oxygens (including phenoxy) is 3. The molecule has 8 heteroatoms. The number of carbonyl (C=O) groups is 2. The Kier molecular flexibility index (Phi) is 5.97. The van der Waals surface area contributed by atoms with Gasteiger partial charge in [0.05, 0.1) is 14.2 Å². The summed E-state index contributed by atoms with van der Waals surface area (Å²) in [5, 5.41) is 0. The quantitative estimate of drug-likeness (QED) is 0.481. The van der Waals surface area contributed by atoms with Gasteiger partial charge in [-0.1, -0.05) is 0 Å². The van der Waals surface area contributed by atoms with E-state index in [0.29, 0.717) is 35.8 Å². The van der Waals surface area contributed by atoms with Crippen LogP contribution >= 0.6 is 11.9 Å². The van der Waals surface area contributed by atoms with Crippen LogP contribution in [0.15, 0.2) is 35.3 Å². The lowest BCUT2D eigenvalue weighted by Crippen LogP contribution is -2.23. The summed E-state index contributed by atoms with van der Waals surface area (Å²) < 4.78 is 18.7. The summed E-state index contributed by atoms with van der Waals surface area (Å²) in [5.74, 6) is 2.03. The number of ketones is 1. The fraction of sp³-hybridized carbons (Fsp3) is 0.292. The lowest BCUT2D eigenvalue weighted by Gasteiger charge is -2.15. The first-order valence-corrected chi connectivity index (χ1v) is 10.9. The smallest absolute Gasteiger partial charge is 0.357 e. The topological polar surface area (TPSA) is 77.4 Å². The number of hydrogen-bond acceptors (Lipinski definition) is 6. The van der Waals surface area contributed by atoms with E-state index >= 15 is 0 Å². The lowest BCUT2D eigenvalue weighted by molar-refractivity contribution is 0.101. The molecule has 0 atom stereocenters. The van der Waals surface area contributed by atoms with Crippen molar-refractivity contribution in [3.05, 3.63) is 58.2 Å². The van der Waals surface area contributed by atoms with E-state index in [0.717, 1.165) is 27.2 Å². The second-order valence-electron chi connectivity index (χ2n) is 7.65. The van der Waals surface area contributed by atoms with Crippen LogP contribution in [0.5, 0.6) is 17.2 Å². The standard InChI is InChI=1S/C24H24N2O5S/c1-13-8-17(15(3)27)9-14(2)23(13)31-22-12-21-18-11-20(30-5)19(29-4)10-16(18)6-7-26(32-21)24(28)25-22/h8-12H,6-7H2,1-5H3. The zero-order valence-corrected chi connectivity index (χ0v) is 19.5. The van der Waals surface area contributed by atoms with Gasteiger partial charge in [-0.2, -0.15) is 4.99 Å². The predicted molar refractivity (Wildman–Crippen MR) is 125 cm³/mol. The Labute approximate surface area is 191 Å². The summed E-state index contributed by atoms with van der Waals surface area (Å²) in [5.41, 5.74) is 4.21. The molecule has 2 amide bonds. The molecule has 0 unspecified atom stereocenters. The number of nitrogens with zero attached hydrogens (tertiary/aromatic N) is 2. The molecule has 0 saturated carbocycles. The molecule has 2 aliphatic rings. The molecule has 32 heavy (non-hydrogen) atoms. The molecule has 4 rings (SSSR count). The third-order valence-electron chi connectivity index (χ3n) is 5.41. The van der Waals surface area contributed by atoms with Crippen LogP contribution in [-0.4, -0.2) is 42.8 Å². The van der Waals surface area contributed by atoms with Crippen molar-refractivity contribution >= 4 is 34.6 Å². The molecule has 2 aliphatic heterocycles. The Balaban J connectivity index is 1.78. The Hall–Kier alpha value is -3.26. The highest BCUT2D eigenvalue weighted by atomic mass is 32.2. The minimum absolute atomic E-state index is 0.0120. The highest BCUT2D eigenvalue weighted by molar-refractivity contribution is 8.06. The zero-order chi connectivity index (χ0) is 23.0. The van der Waals surface area contributed by atoms with Gasteiger partial charge < -0.3 is 14.2 Å². The zero-order valence-electron chi connectivity index (χ0n) is 18.6. The number of carbonyl (C=O) groups excluding carboxylic acids is 2. The van der Waals surface area contributed by atoms with E-state index in [2.05, 4.69) is 4.99 Å². The molecule has 7 nitrogen and oxygen atoms in total. The van der Waals surface area contributed by atoms with Crippen LogP contribution in [0.4, 0.5) is 4.79 Å². The molecule has 2 heterocycles. The van der Waals surface area contributed by atoms with E-state index in [9.17, 15) is 9.59 Å². The van der Waals surface area contributed by atoms with Gasteiger partial charge in [-0.3, -0.25) is 9.10 Å². The van der Waals surface area contributed by atoms with E-state index in [1.807, 2.05) is 26.0 Å². The van der Waals surface area contributed by atoms with Crippen molar-refractivity contribution < 1.29 is 23.8 Å². The van der Waals surface area contributed by atoms with Gasteiger partial charge in [0.1, 0.15) is 5.75 Å². The van der Waals surface area contributed by atoms with Gasteiger partial charge in [0.25, 0.3) is 0 Å². The first-order chi connectivity index (χ1) is 15.3. The molecule has 2 aromatic carbocycles. The van der Waals surface area contributed by atoms with Gasteiger partial charge in [0.2, 0.25) is 5.90 Å². The lowest BCUT2D eigenvalue weighted by atomic mass is 10.0. The number of fused-ring (bicyclic) bond motifs is 4. The van der Waals surface area contributed by atoms with Gasteiger partial charge >= 0.3 is 6.03 Å². The number of aryl methyl sites for hydroxylation is 2. The maximum atomic E-state index is 12.8. The molecule has 0 fully saturated rings. The van der Waals surface area contributed by atoms with E-state index < -0.39 is 0 Å². The van der Waals surface area contributed by atoms with E-state index in [-0.39, 0.29) is 17.7 Å². The van der Waals surface area contributed by atoms with Crippen LogP contribution in [0, 0.1) is 13.8 Å². The summed E-state index contributed by atoms with van der Waals surface area (Å²) in [6.45, 7) is 5.78. The summed E-state index contributed by atoms with van der Waals surface area (Å²) in [4.78, 5) is 29.6. The van der Waals surface area contributed by atoms with Gasteiger partial charge in [-0.15, -0.1) is 0 Å². The minimum Gasteiger partial charge on any atom is -0.493 e. The van der Waals surface area contributed by atoms with Crippen LogP contribution in [0.1, 0.15) is 39.5 Å². The van der Waals surface area contributed by atoms with Gasteiger partial charge in [0, 0.05) is 23.1 Å². The number of hydrogen-bond donors (Lipinski definition) is 0. The minimum atomic E-state index is -0.376. The van der Waals surface area contributed by atoms with Crippen LogP contribution in [0.3, 0.4) is 0 Å². The molecular formula is C24H24N2O5S. The molecule has 2 bridgehead atoms. The van der Waals surface area contributed by atoms with Crippen LogP contribution < -0.4 is 14.2 Å². The van der Waals surface area contributed by atoms with E-state index in [4.69, 9.17) is 14.2 Å². The van der Waals surface area contributed by atoms with Crippen LogP contribution in [0.2, 0.25) is 0 Å². The summed E-state index contributed by atoms with van der Waals surface area (Å²) in [7, 11) is 3.20. The number of amides is 2. The fourth-order valence-corrected chi connectivity index (χ4v) is 4.78. The van der Waals surface area contributed by atoms with Crippen LogP contribution in [0.25, 0.3) is 4.91 Å². The summed E-state index contributed by atoms with van der Waals surface area (Å²) in [6, 6.07) is 7.06. The monoisotopic (exact) mass is 452 g/mol. The van der Waals surface area contributed by atoms with Crippen molar-refractivity contribution in [1.82, 2.24) is 4.31 Å². The fourth-order valence-electron chi connectivity index (χ4n) is 3.80. The molecule has 166 valence electrons. The predicted octanol–water partition coefficient (Wildman–Crippen LogP) is 4.98. The van der Waals surface area contributed by atoms with Crippen molar-refractivity contribution in [3.63, 3.8) is 0 Å². The van der Waals surface area contributed by atoms with Crippen LogP contribution in [-0.2, 0) is 6.42 Å².